The van der Waals surface area contributed by atoms with Crippen LogP contribution in [-0.4, -0.2) is 45.5 Å². The SMILES string of the molecule is C=C(/C=C(/Cl)C(=N)/C(=C/C)CCN(C)C(=O)Nc1cccc(Cl)c1)Cc1nnc(CO)o1. The largest absolute Gasteiger partial charge is 0.422 e. The molecular formula is C22H25Cl2N5O3. The van der Waals surface area contributed by atoms with E-state index in [4.69, 9.17) is 38.1 Å². The molecule has 170 valence electrons. The number of nitrogens with zero attached hydrogens (tertiary/aromatic N) is 3. The van der Waals surface area contributed by atoms with Gasteiger partial charge in [-0.05, 0) is 48.8 Å². The molecule has 0 aliphatic carbocycles. The highest BCUT2D eigenvalue weighted by Gasteiger charge is 2.14. The third kappa shape index (κ3) is 7.64. The number of aromatic nitrogens is 2. The number of nitrogens with one attached hydrogen (secondary N) is 2. The van der Waals surface area contributed by atoms with Gasteiger partial charge in [-0.1, -0.05) is 41.9 Å². The average Bonchev–Trinajstić information content (AvgIpc) is 3.21. The van der Waals surface area contributed by atoms with E-state index in [9.17, 15) is 4.79 Å². The first-order chi connectivity index (χ1) is 15.2. The molecule has 0 saturated carbocycles. The fourth-order valence-electron chi connectivity index (χ4n) is 2.66. The monoisotopic (exact) mass is 477 g/mol. The van der Waals surface area contributed by atoms with E-state index in [0.717, 1.165) is 0 Å². The number of anilines is 1. The maximum atomic E-state index is 12.4. The van der Waals surface area contributed by atoms with Crippen molar-refractivity contribution >= 4 is 40.6 Å². The Morgan fingerprint density at radius 2 is 2.09 bits per heavy atom. The lowest BCUT2D eigenvalue weighted by molar-refractivity contribution is 0.223. The van der Waals surface area contributed by atoms with Crippen LogP contribution in [0.2, 0.25) is 5.02 Å². The number of hydrogen-bond donors (Lipinski definition) is 3. The van der Waals surface area contributed by atoms with E-state index in [1.807, 2.05) is 6.92 Å². The molecule has 0 spiro atoms. The molecule has 3 N–H and O–H groups in total. The molecule has 0 atom stereocenters. The molecule has 0 unspecified atom stereocenters. The Balaban J connectivity index is 1.91. The molecule has 0 saturated heterocycles. The summed E-state index contributed by atoms with van der Waals surface area (Å²) in [5.74, 6) is 0.417. The molecule has 1 heterocycles. The Morgan fingerprint density at radius 1 is 1.38 bits per heavy atom. The number of allylic oxidation sites excluding steroid dienone is 4. The summed E-state index contributed by atoms with van der Waals surface area (Å²) in [6, 6.07) is 6.61. The van der Waals surface area contributed by atoms with Crippen LogP contribution in [0.4, 0.5) is 10.5 Å². The molecule has 0 radical (unpaired) electrons. The van der Waals surface area contributed by atoms with Crippen molar-refractivity contribution in [2.24, 2.45) is 0 Å². The zero-order valence-corrected chi connectivity index (χ0v) is 19.4. The van der Waals surface area contributed by atoms with Gasteiger partial charge in [0.05, 0.1) is 17.2 Å². The van der Waals surface area contributed by atoms with E-state index >= 15 is 0 Å². The Kier molecular flexibility index (Phi) is 9.64. The molecule has 1 aromatic heterocycles. The number of halogens is 2. The fraction of sp³-hybridized carbons (Fsp3) is 0.273. The summed E-state index contributed by atoms with van der Waals surface area (Å²) in [7, 11) is 1.67. The minimum absolute atomic E-state index is 0.121. The number of hydrogen-bond acceptors (Lipinski definition) is 6. The molecule has 2 aromatic rings. The molecule has 0 fully saturated rings. The normalized spacial score (nSPS) is 11.9. The lowest BCUT2D eigenvalue weighted by atomic mass is 10.0. The molecular weight excluding hydrogens is 453 g/mol. The van der Waals surface area contributed by atoms with Crippen molar-refractivity contribution in [2.45, 2.75) is 26.4 Å². The average molecular weight is 478 g/mol. The van der Waals surface area contributed by atoms with Crippen LogP contribution in [0.5, 0.6) is 0 Å². The van der Waals surface area contributed by atoms with Crippen molar-refractivity contribution in [1.29, 1.82) is 5.41 Å². The van der Waals surface area contributed by atoms with Gasteiger partial charge >= 0.3 is 6.03 Å². The predicted octanol–water partition coefficient (Wildman–Crippen LogP) is 4.96. The first kappa shape index (κ1) is 25.3. The van der Waals surface area contributed by atoms with Crippen molar-refractivity contribution in [3.8, 4) is 0 Å². The number of rotatable bonds is 10. The minimum Gasteiger partial charge on any atom is -0.422 e. The van der Waals surface area contributed by atoms with E-state index in [0.29, 0.717) is 40.7 Å². The number of amides is 2. The summed E-state index contributed by atoms with van der Waals surface area (Å²) >= 11 is 12.3. The highest BCUT2D eigenvalue weighted by molar-refractivity contribution is 6.45. The van der Waals surface area contributed by atoms with Crippen LogP contribution < -0.4 is 5.32 Å². The summed E-state index contributed by atoms with van der Waals surface area (Å²) in [5.41, 5.74) is 1.99. The van der Waals surface area contributed by atoms with Crippen LogP contribution in [-0.2, 0) is 13.0 Å². The highest BCUT2D eigenvalue weighted by Crippen LogP contribution is 2.19. The van der Waals surface area contributed by atoms with Gasteiger partial charge in [0.2, 0.25) is 11.8 Å². The fourth-order valence-corrected chi connectivity index (χ4v) is 3.13. The molecule has 0 aliphatic heterocycles. The molecule has 2 rings (SSSR count). The van der Waals surface area contributed by atoms with Gasteiger partial charge in [-0.15, -0.1) is 10.2 Å². The van der Waals surface area contributed by atoms with Crippen molar-refractivity contribution in [3.05, 3.63) is 76.0 Å². The first-order valence-corrected chi connectivity index (χ1v) is 10.5. The lowest BCUT2D eigenvalue weighted by Gasteiger charge is -2.19. The molecule has 0 bridgehead atoms. The molecule has 8 nitrogen and oxygen atoms in total. The van der Waals surface area contributed by atoms with Crippen molar-refractivity contribution in [1.82, 2.24) is 15.1 Å². The zero-order chi connectivity index (χ0) is 23.7. The van der Waals surface area contributed by atoms with Gasteiger partial charge in [0.25, 0.3) is 0 Å². The number of urea groups is 1. The van der Waals surface area contributed by atoms with Crippen LogP contribution in [0.25, 0.3) is 0 Å². The van der Waals surface area contributed by atoms with Crippen LogP contribution >= 0.6 is 23.2 Å². The number of carbonyl (C=O) groups excluding carboxylic acids is 1. The Hall–Kier alpha value is -2.94. The van der Waals surface area contributed by atoms with Gasteiger partial charge < -0.3 is 19.7 Å². The summed E-state index contributed by atoms with van der Waals surface area (Å²) < 4.78 is 5.23. The van der Waals surface area contributed by atoms with Gasteiger partial charge in [-0.25, -0.2) is 4.79 Å². The van der Waals surface area contributed by atoms with Gasteiger partial charge in [-0.2, -0.15) is 0 Å². The van der Waals surface area contributed by atoms with Gasteiger partial charge in [-0.3, -0.25) is 5.41 Å². The second-order valence-electron chi connectivity index (χ2n) is 6.88. The Morgan fingerprint density at radius 3 is 2.72 bits per heavy atom. The van der Waals surface area contributed by atoms with Crippen molar-refractivity contribution < 1.29 is 14.3 Å². The minimum atomic E-state index is -0.336. The van der Waals surface area contributed by atoms with Crippen LogP contribution in [0.3, 0.4) is 0 Å². The molecule has 0 aliphatic rings. The second-order valence-corrected chi connectivity index (χ2v) is 7.72. The van der Waals surface area contributed by atoms with Crippen LogP contribution in [0.1, 0.15) is 25.1 Å². The first-order valence-electron chi connectivity index (χ1n) is 9.72. The summed E-state index contributed by atoms with van der Waals surface area (Å²) in [6.45, 7) is 5.75. The standard InChI is InChI=1S/C22H25Cl2N5O3/c1-4-15(8-9-29(3)22(31)26-17-7-5-6-16(23)12-17)21(25)18(24)10-14(2)11-19-27-28-20(13-30)32-19/h4-7,10,12,25,30H,2,8-9,11,13H2,1,3H3,(H,26,31)/b15-4+,18-10+,25-21?. The highest BCUT2D eigenvalue weighted by atomic mass is 35.5. The van der Waals surface area contributed by atoms with Crippen LogP contribution in [0.15, 0.2) is 63.6 Å². The number of aliphatic hydroxyl groups excluding tert-OH is 1. The van der Waals surface area contributed by atoms with E-state index in [1.54, 1.807) is 43.5 Å². The Bertz CT molecular complexity index is 1050. The van der Waals surface area contributed by atoms with Crippen LogP contribution in [0, 0.1) is 5.41 Å². The number of benzene rings is 1. The molecule has 32 heavy (non-hydrogen) atoms. The van der Waals surface area contributed by atoms with Gasteiger partial charge in [0, 0.05) is 24.3 Å². The summed E-state index contributed by atoms with van der Waals surface area (Å²) in [4.78, 5) is 13.9. The maximum Gasteiger partial charge on any atom is 0.321 e. The van der Waals surface area contributed by atoms with Crippen molar-refractivity contribution in [3.63, 3.8) is 0 Å². The number of carbonyl (C=O) groups is 1. The third-order valence-electron chi connectivity index (χ3n) is 4.40. The molecule has 2 amide bonds. The third-order valence-corrected chi connectivity index (χ3v) is 4.93. The van der Waals surface area contributed by atoms with E-state index in [2.05, 4.69) is 22.1 Å². The van der Waals surface area contributed by atoms with Gasteiger partial charge in [0.15, 0.2) is 0 Å². The van der Waals surface area contributed by atoms with Gasteiger partial charge in [0.1, 0.15) is 6.61 Å². The summed E-state index contributed by atoms with van der Waals surface area (Å²) in [5, 5.41) is 28.4. The lowest BCUT2D eigenvalue weighted by Crippen LogP contribution is -2.32. The van der Waals surface area contributed by atoms with E-state index < -0.39 is 0 Å². The zero-order valence-electron chi connectivity index (χ0n) is 17.9. The predicted molar refractivity (Wildman–Crippen MR) is 126 cm³/mol. The number of aliphatic hydroxyl groups is 1. The van der Waals surface area contributed by atoms with E-state index in [-0.39, 0.29) is 35.7 Å². The Labute approximate surface area is 196 Å². The smallest absolute Gasteiger partial charge is 0.321 e. The maximum absolute atomic E-state index is 12.4. The van der Waals surface area contributed by atoms with Crippen molar-refractivity contribution in [2.75, 3.05) is 18.9 Å². The van der Waals surface area contributed by atoms with E-state index in [1.165, 1.54) is 4.90 Å². The molecule has 1 aromatic carbocycles. The topological polar surface area (TPSA) is 115 Å². The second kappa shape index (κ2) is 12.2. The molecule has 10 heteroatoms. The summed E-state index contributed by atoms with van der Waals surface area (Å²) in [6.07, 6.45) is 4.03. The quantitative estimate of drug-likeness (QED) is 0.330.